The lowest BCUT2D eigenvalue weighted by Crippen LogP contribution is -2.13. The van der Waals surface area contributed by atoms with Gasteiger partial charge in [-0.25, -0.2) is 0 Å². The van der Waals surface area contributed by atoms with Gasteiger partial charge in [0.15, 0.2) is 0 Å². The average molecular weight is 90.9 g/mol. The molecule has 1 aliphatic rings. The molecule has 0 aromatic carbocycles. The minimum Gasteiger partial charge on any atom is -0.427 e. The monoisotopic (exact) mass is 91.1 g/mol. The van der Waals surface area contributed by atoms with Crippen molar-refractivity contribution < 1.29 is 0 Å². The zero-order chi connectivity index (χ0) is 5.11. The van der Waals surface area contributed by atoms with E-state index in [0.717, 1.165) is 6.54 Å². The maximum absolute atomic E-state index is 5.33. The van der Waals surface area contributed by atoms with Gasteiger partial charge >= 0.3 is 0 Å². The van der Waals surface area contributed by atoms with E-state index in [2.05, 4.69) is 0 Å². The first-order valence-electron chi connectivity index (χ1n) is 2.24. The van der Waals surface area contributed by atoms with E-state index in [1.807, 2.05) is 24.4 Å². The summed E-state index contributed by atoms with van der Waals surface area (Å²) in [5.74, 6) is 0. The normalized spacial score (nSPS) is 18.0. The van der Waals surface area contributed by atoms with Crippen molar-refractivity contribution in [2.24, 2.45) is 0 Å². The summed E-state index contributed by atoms with van der Waals surface area (Å²) in [5, 5.41) is 0. The van der Waals surface area contributed by atoms with Gasteiger partial charge < -0.3 is 4.81 Å². The zero-order valence-corrected chi connectivity index (χ0v) is 4.04. The molecule has 7 heavy (non-hydrogen) atoms. The highest BCUT2D eigenvalue weighted by Gasteiger charge is 1.86. The van der Waals surface area contributed by atoms with Crippen LogP contribution in [0.15, 0.2) is 24.4 Å². The van der Waals surface area contributed by atoms with Crippen LogP contribution < -0.4 is 0 Å². The summed E-state index contributed by atoms with van der Waals surface area (Å²) in [6.07, 6.45) is 7.72. The highest BCUT2D eigenvalue weighted by Crippen LogP contribution is 1.90. The predicted octanol–water partition coefficient (Wildman–Crippen LogP) is 0.455. The SMILES string of the molecule is [B]N1C=CC=CC1. The van der Waals surface area contributed by atoms with Gasteiger partial charge in [-0.15, -0.1) is 0 Å². The van der Waals surface area contributed by atoms with Crippen molar-refractivity contribution in [2.75, 3.05) is 6.54 Å². The number of allylic oxidation sites excluding steroid dienone is 2. The Hall–Kier alpha value is -0.655. The largest absolute Gasteiger partial charge is 0.427 e. The van der Waals surface area contributed by atoms with Gasteiger partial charge in [-0.2, -0.15) is 0 Å². The maximum Gasteiger partial charge on any atom is 0.226 e. The van der Waals surface area contributed by atoms with Crippen LogP contribution in [0.1, 0.15) is 0 Å². The van der Waals surface area contributed by atoms with E-state index in [9.17, 15) is 0 Å². The van der Waals surface area contributed by atoms with Crippen molar-refractivity contribution in [3.63, 3.8) is 0 Å². The topological polar surface area (TPSA) is 3.24 Å². The fourth-order valence-corrected chi connectivity index (χ4v) is 0.482. The first kappa shape index (κ1) is 4.50. The van der Waals surface area contributed by atoms with Crippen LogP contribution in [0, 0.1) is 0 Å². The fraction of sp³-hybridized carbons (Fsp3) is 0.200. The summed E-state index contributed by atoms with van der Waals surface area (Å²) in [6.45, 7) is 0.830. The highest BCUT2D eigenvalue weighted by molar-refractivity contribution is 6.05. The van der Waals surface area contributed by atoms with Crippen LogP contribution in [0.5, 0.6) is 0 Å². The van der Waals surface area contributed by atoms with Crippen LogP contribution >= 0.6 is 0 Å². The molecular formula is C5H6BN. The van der Waals surface area contributed by atoms with Crippen LogP contribution in [-0.2, 0) is 0 Å². The van der Waals surface area contributed by atoms with Gasteiger partial charge in [0.2, 0.25) is 7.98 Å². The van der Waals surface area contributed by atoms with E-state index in [1.165, 1.54) is 0 Å². The third-order valence-electron chi connectivity index (χ3n) is 0.841. The fourth-order valence-electron chi connectivity index (χ4n) is 0.482. The third-order valence-corrected chi connectivity index (χ3v) is 0.841. The second-order valence-electron chi connectivity index (χ2n) is 1.47. The highest BCUT2D eigenvalue weighted by atomic mass is 15.0. The first-order chi connectivity index (χ1) is 3.39. The van der Waals surface area contributed by atoms with E-state index in [1.54, 1.807) is 4.81 Å². The number of rotatable bonds is 0. The van der Waals surface area contributed by atoms with Gasteiger partial charge in [-0.05, 0) is 12.3 Å². The molecule has 0 atom stereocenters. The molecule has 0 amide bonds. The molecule has 34 valence electrons. The minimum absolute atomic E-state index is 0.830. The smallest absolute Gasteiger partial charge is 0.226 e. The molecule has 0 unspecified atom stereocenters. The number of hydrogen-bond donors (Lipinski definition) is 0. The van der Waals surface area contributed by atoms with Gasteiger partial charge in [0, 0.05) is 6.54 Å². The Morgan fingerprint density at radius 2 is 2.29 bits per heavy atom. The summed E-state index contributed by atoms with van der Waals surface area (Å²) >= 11 is 0. The first-order valence-corrected chi connectivity index (χ1v) is 2.24. The molecular weight excluding hydrogens is 84.9 g/mol. The molecule has 2 radical (unpaired) electrons. The van der Waals surface area contributed by atoms with Crippen molar-refractivity contribution in [3.8, 4) is 0 Å². The van der Waals surface area contributed by atoms with Gasteiger partial charge in [-0.3, -0.25) is 0 Å². The van der Waals surface area contributed by atoms with Crippen molar-refractivity contribution >= 4 is 7.98 Å². The molecule has 1 nitrogen and oxygen atoms in total. The number of nitrogens with zero attached hydrogens (tertiary/aromatic N) is 1. The van der Waals surface area contributed by atoms with Gasteiger partial charge in [-0.1, -0.05) is 12.2 Å². The predicted molar refractivity (Wildman–Crippen MR) is 30.7 cm³/mol. The van der Waals surface area contributed by atoms with Crippen molar-refractivity contribution in [3.05, 3.63) is 24.4 Å². The molecule has 0 spiro atoms. The minimum atomic E-state index is 0.830. The summed E-state index contributed by atoms with van der Waals surface area (Å²) < 4.78 is 0. The lowest BCUT2D eigenvalue weighted by Gasteiger charge is -2.12. The second kappa shape index (κ2) is 1.87. The van der Waals surface area contributed by atoms with E-state index in [4.69, 9.17) is 7.98 Å². The molecule has 0 aromatic heterocycles. The van der Waals surface area contributed by atoms with E-state index in [-0.39, 0.29) is 0 Å². The third kappa shape index (κ3) is 1.11. The molecule has 0 aromatic rings. The molecule has 0 saturated carbocycles. The quantitative estimate of drug-likeness (QED) is 0.391. The molecule has 2 heteroatoms. The lowest BCUT2D eigenvalue weighted by atomic mass is 10.2. The summed E-state index contributed by atoms with van der Waals surface area (Å²) in [7, 11) is 5.33. The Labute approximate surface area is 44.7 Å². The molecule has 0 N–H and O–H groups in total. The Morgan fingerprint density at radius 3 is 2.57 bits per heavy atom. The van der Waals surface area contributed by atoms with Crippen LogP contribution in [0.25, 0.3) is 0 Å². The maximum atomic E-state index is 5.33. The van der Waals surface area contributed by atoms with E-state index >= 15 is 0 Å². The van der Waals surface area contributed by atoms with Crippen molar-refractivity contribution in [1.82, 2.24) is 4.81 Å². The molecule has 0 fully saturated rings. The second-order valence-corrected chi connectivity index (χ2v) is 1.47. The molecule has 0 aliphatic carbocycles. The summed E-state index contributed by atoms with van der Waals surface area (Å²) in [6, 6.07) is 0. The van der Waals surface area contributed by atoms with Gasteiger partial charge in [0.05, 0.1) is 0 Å². The van der Waals surface area contributed by atoms with Gasteiger partial charge in [0.1, 0.15) is 0 Å². The number of hydrogen-bond acceptors (Lipinski definition) is 1. The van der Waals surface area contributed by atoms with Crippen LogP contribution in [-0.4, -0.2) is 19.3 Å². The van der Waals surface area contributed by atoms with Crippen LogP contribution in [0.2, 0.25) is 0 Å². The van der Waals surface area contributed by atoms with E-state index in [0.29, 0.717) is 0 Å². The van der Waals surface area contributed by atoms with Crippen molar-refractivity contribution in [2.45, 2.75) is 0 Å². The molecule has 1 rings (SSSR count). The average Bonchev–Trinajstić information content (AvgIpc) is 1.69. The van der Waals surface area contributed by atoms with Crippen LogP contribution in [0.4, 0.5) is 0 Å². The van der Waals surface area contributed by atoms with E-state index < -0.39 is 0 Å². The molecule has 0 saturated heterocycles. The van der Waals surface area contributed by atoms with Crippen LogP contribution in [0.3, 0.4) is 0 Å². The Bertz CT molecular complexity index is 107. The van der Waals surface area contributed by atoms with Crippen molar-refractivity contribution in [1.29, 1.82) is 0 Å². The lowest BCUT2D eigenvalue weighted by molar-refractivity contribution is 0.668. The Kier molecular flexibility index (Phi) is 1.20. The molecule has 0 bridgehead atoms. The zero-order valence-electron chi connectivity index (χ0n) is 4.04. The Morgan fingerprint density at radius 1 is 1.43 bits per heavy atom. The summed E-state index contributed by atoms with van der Waals surface area (Å²) in [5.41, 5.74) is 0. The standard InChI is InChI=1S/C5H6BN/c6-7-4-2-1-3-5-7/h1-4H,5H2. The Balaban J connectivity index is 2.49. The summed E-state index contributed by atoms with van der Waals surface area (Å²) in [4.78, 5) is 1.62. The molecule has 1 aliphatic heterocycles. The molecule has 1 heterocycles. The van der Waals surface area contributed by atoms with Gasteiger partial charge in [0.25, 0.3) is 0 Å².